The highest BCUT2D eigenvalue weighted by molar-refractivity contribution is 6.36. The molecule has 0 unspecified atom stereocenters. The average Bonchev–Trinajstić information content (AvgIpc) is 1.97. The van der Waals surface area contributed by atoms with Crippen molar-refractivity contribution < 1.29 is 4.79 Å². The molecule has 4 heteroatoms. The van der Waals surface area contributed by atoms with Gasteiger partial charge in [0.05, 0.1) is 6.42 Å². The Bertz CT molecular complexity index is 292. The molecule has 0 saturated carbocycles. The van der Waals surface area contributed by atoms with Gasteiger partial charge in [-0.25, -0.2) is 0 Å². The monoisotopic (exact) mass is 203 g/mol. The van der Waals surface area contributed by atoms with Crippen molar-refractivity contribution in [2.45, 2.75) is 6.42 Å². The molecule has 1 aromatic carbocycles. The van der Waals surface area contributed by atoms with Crippen LogP contribution in [-0.4, -0.2) is 5.91 Å². The van der Waals surface area contributed by atoms with Crippen molar-refractivity contribution in [1.29, 1.82) is 0 Å². The Hall–Kier alpha value is -0.730. The van der Waals surface area contributed by atoms with E-state index in [0.717, 1.165) is 0 Å². The molecule has 1 amide bonds. The Morgan fingerprint density at radius 1 is 1.33 bits per heavy atom. The smallest absolute Gasteiger partial charge is 0.221 e. The van der Waals surface area contributed by atoms with Crippen LogP contribution in [0, 0.1) is 0 Å². The number of carbonyl (C=O) groups excluding carboxylic acids is 1. The van der Waals surface area contributed by atoms with E-state index in [4.69, 9.17) is 28.9 Å². The Morgan fingerprint density at radius 3 is 2.25 bits per heavy atom. The zero-order valence-corrected chi connectivity index (χ0v) is 7.69. The van der Waals surface area contributed by atoms with Crippen molar-refractivity contribution in [2.24, 2.45) is 5.73 Å². The normalized spacial score (nSPS) is 9.83. The van der Waals surface area contributed by atoms with E-state index in [2.05, 4.69) is 0 Å². The van der Waals surface area contributed by atoms with Crippen LogP contribution < -0.4 is 5.73 Å². The van der Waals surface area contributed by atoms with Gasteiger partial charge in [0.25, 0.3) is 0 Å². The number of carbonyl (C=O) groups is 1. The number of hydrogen-bond acceptors (Lipinski definition) is 1. The lowest BCUT2D eigenvalue weighted by molar-refractivity contribution is -0.117. The highest BCUT2D eigenvalue weighted by atomic mass is 35.5. The zero-order valence-electron chi connectivity index (χ0n) is 6.18. The topological polar surface area (TPSA) is 43.1 Å². The summed E-state index contributed by atoms with van der Waals surface area (Å²) in [5.74, 6) is -0.440. The van der Waals surface area contributed by atoms with Crippen molar-refractivity contribution >= 4 is 29.1 Å². The van der Waals surface area contributed by atoms with Crippen molar-refractivity contribution in [1.82, 2.24) is 0 Å². The van der Waals surface area contributed by atoms with Gasteiger partial charge in [0.1, 0.15) is 0 Å². The molecule has 0 atom stereocenters. The molecule has 0 aliphatic heterocycles. The summed E-state index contributed by atoms with van der Waals surface area (Å²) in [5, 5.41) is 0.947. The number of primary amides is 1. The number of amides is 1. The van der Waals surface area contributed by atoms with Gasteiger partial charge in [0.15, 0.2) is 0 Å². The molecule has 2 nitrogen and oxygen atoms in total. The fraction of sp³-hybridized carbons (Fsp3) is 0.125. The van der Waals surface area contributed by atoms with Gasteiger partial charge in [0, 0.05) is 10.0 Å². The van der Waals surface area contributed by atoms with Crippen LogP contribution in [0.25, 0.3) is 0 Å². The molecule has 0 heterocycles. The molecular weight excluding hydrogens is 197 g/mol. The molecule has 12 heavy (non-hydrogen) atoms. The summed E-state index contributed by atoms with van der Waals surface area (Å²) in [4.78, 5) is 10.6. The maximum Gasteiger partial charge on any atom is 0.221 e. The van der Waals surface area contributed by atoms with E-state index in [0.29, 0.717) is 15.6 Å². The van der Waals surface area contributed by atoms with Gasteiger partial charge in [-0.2, -0.15) is 0 Å². The summed E-state index contributed by atoms with van der Waals surface area (Å²) in [6, 6.07) is 5.06. The van der Waals surface area contributed by atoms with Crippen LogP contribution in [0.5, 0.6) is 0 Å². The summed E-state index contributed by atoms with van der Waals surface area (Å²) in [6.45, 7) is 0. The maximum absolute atomic E-state index is 10.6. The van der Waals surface area contributed by atoms with Crippen LogP contribution in [0.15, 0.2) is 18.2 Å². The predicted octanol–water partition coefficient (Wildman–Crippen LogP) is 2.02. The first-order chi connectivity index (χ1) is 5.61. The van der Waals surface area contributed by atoms with Crippen LogP contribution >= 0.6 is 23.2 Å². The lowest BCUT2D eigenvalue weighted by atomic mass is 10.1. The van der Waals surface area contributed by atoms with Crippen LogP contribution in [0.4, 0.5) is 0 Å². The summed E-state index contributed by atoms with van der Waals surface area (Å²) < 4.78 is 0. The SMILES string of the molecule is NC(=O)Cc1c(Cl)cccc1Cl. The summed E-state index contributed by atoms with van der Waals surface area (Å²) in [7, 11) is 0. The molecule has 64 valence electrons. The minimum absolute atomic E-state index is 0.0819. The lowest BCUT2D eigenvalue weighted by Crippen LogP contribution is -2.14. The Balaban J connectivity index is 3.04. The zero-order chi connectivity index (χ0) is 9.14. The van der Waals surface area contributed by atoms with Crippen LogP contribution in [0.2, 0.25) is 10.0 Å². The number of halogens is 2. The second-order valence-electron chi connectivity index (χ2n) is 2.34. The fourth-order valence-electron chi connectivity index (χ4n) is 0.875. The molecule has 1 rings (SSSR count). The molecule has 0 radical (unpaired) electrons. The van der Waals surface area contributed by atoms with E-state index in [1.807, 2.05) is 0 Å². The van der Waals surface area contributed by atoms with Crippen molar-refractivity contribution in [2.75, 3.05) is 0 Å². The number of benzene rings is 1. The second-order valence-corrected chi connectivity index (χ2v) is 3.16. The third kappa shape index (κ3) is 2.13. The second kappa shape index (κ2) is 3.78. The quantitative estimate of drug-likeness (QED) is 0.786. The van der Waals surface area contributed by atoms with E-state index in [1.165, 1.54) is 0 Å². The van der Waals surface area contributed by atoms with Crippen molar-refractivity contribution in [3.8, 4) is 0 Å². The summed E-state index contributed by atoms with van der Waals surface area (Å²) >= 11 is 11.6. The van der Waals surface area contributed by atoms with Gasteiger partial charge in [-0.1, -0.05) is 29.3 Å². The third-order valence-corrected chi connectivity index (χ3v) is 2.12. The van der Waals surface area contributed by atoms with E-state index in [-0.39, 0.29) is 6.42 Å². The average molecular weight is 204 g/mol. The summed E-state index contributed by atoms with van der Waals surface area (Å²) in [6.07, 6.45) is 0.0819. The molecule has 1 aromatic rings. The molecule has 0 saturated heterocycles. The van der Waals surface area contributed by atoms with Gasteiger partial charge >= 0.3 is 0 Å². The minimum atomic E-state index is -0.440. The maximum atomic E-state index is 10.6. The van der Waals surface area contributed by atoms with Gasteiger partial charge in [-0.05, 0) is 17.7 Å². The van der Waals surface area contributed by atoms with Crippen molar-refractivity contribution in [3.63, 3.8) is 0 Å². The van der Waals surface area contributed by atoms with Crippen molar-refractivity contribution in [3.05, 3.63) is 33.8 Å². The van der Waals surface area contributed by atoms with Gasteiger partial charge in [-0.15, -0.1) is 0 Å². The van der Waals surface area contributed by atoms with E-state index >= 15 is 0 Å². The first kappa shape index (κ1) is 9.36. The Morgan fingerprint density at radius 2 is 1.83 bits per heavy atom. The molecule has 2 N–H and O–H groups in total. The molecule has 0 fully saturated rings. The number of hydrogen-bond donors (Lipinski definition) is 1. The molecule has 0 bridgehead atoms. The van der Waals surface area contributed by atoms with Crippen LogP contribution in [0.3, 0.4) is 0 Å². The Kier molecular flexibility index (Phi) is 2.95. The van der Waals surface area contributed by atoms with Crippen LogP contribution in [-0.2, 0) is 11.2 Å². The van der Waals surface area contributed by atoms with E-state index in [9.17, 15) is 4.79 Å². The first-order valence-electron chi connectivity index (χ1n) is 3.32. The van der Waals surface area contributed by atoms with Gasteiger partial charge in [-0.3, -0.25) is 4.79 Å². The Labute approximate surface area is 80.3 Å². The highest BCUT2D eigenvalue weighted by Crippen LogP contribution is 2.24. The molecule has 0 aliphatic carbocycles. The number of nitrogens with two attached hydrogens (primary N) is 1. The minimum Gasteiger partial charge on any atom is -0.369 e. The standard InChI is InChI=1S/C8H7Cl2NO/c9-6-2-1-3-7(10)5(6)4-8(11)12/h1-3H,4H2,(H2,11,12). The summed E-state index contributed by atoms with van der Waals surface area (Å²) in [5.41, 5.74) is 5.60. The molecule has 0 aromatic heterocycles. The van der Waals surface area contributed by atoms with Gasteiger partial charge < -0.3 is 5.73 Å². The third-order valence-electron chi connectivity index (χ3n) is 1.41. The lowest BCUT2D eigenvalue weighted by Gasteiger charge is -2.02. The predicted molar refractivity (Wildman–Crippen MR) is 49.4 cm³/mol. The molecule has 0 spiro atoms. The molecular formula is C8H7Cl2NO. The largest absolute Gasteiger partial charge is 0.369 e. The van der Waals surface area contributed by atoms with E-state index < -0.39 is 5.91 Å². The first-order valence-corrected chi connectivity index (χ1v) is 4.08. The van der Waals surface area contributed by atoms with Gasteiger partial charge in [0.2, 0.25) is 5.91 Å². The van der Waals surface area contributed by atoms with E-state index in [1.54, 1.807) is 18.2 Å². The highest BCUT2D eigenvalue weighted by Gasteiger charge is 2.07. The fourth-order valence-corrected chi connectivity index (χ4v) is 1.41. The molecule has 0 aliphatic rings. The number of rotatable bonds is 2. The van der Waals surface area contributed by atoms with Crippen LogP contribution in [0.1, 0.15) is 5.56 Å².